The Morgan fingerprint density at radius 3 is 2.82 bits per heavy atom. The third kappa shape index (κ3) is 6.09. The molecule has 28 heavy (non-hydrogen) atoms. The van der Waals surface area contributed by atoms with Crippen LogP contribution in [0.3, 0.4) is 0 Å². The molecule has 7 heteroatoms. The van der Waals surface area contributed by atoms with E-state index >= 15 is 0 Å². The summed E-state index contributed by atoms with van der Waals surface area (Å²) in [6.45, 7) is 12.7. The fourth-order valence-electron chi connectivity index (χ4n) is 3.66. The van der Waals surface area contributed by atoms with Gasteiger partial charge >= 0.3 is 0 Å². The quantitative estimate of drug-likeness (QED) is 0.312. The van der Waals surface area contributed by atoms with Crippen LogP contribution in [0.2, 0.25) is 0 Å². The second-order valence-electron chi connectivity index (χ2n) is 7.21. The first-order chi connectivity index (χ1) is 13.2. The number of H-pyrrole nitrogens is 1. The van der Waals surface area contributed by atoms with Gasteiger partial charge < -0.3 is 20.4 Å². The number of rotatable bonds is 7. The van der Waals surface area contributed by atoms with Crippen molar-refractivity contribution in [2.45, 2.75) is 33.2 Å². The smallest absolute Gasteiger partial charge is 0.191 e. The maximum Gasteiger partial charge on any atom is 0.191 e. The predicted octanol–water partition coefficient (Wildman–Crippen LogP) is 2.91. The molecule has 0 radical (unpaired) electrons. The van der Waals surface area contributed by atoms with Crippen molar-refractivity contribution in [1.82, 2.24) is 20.5 Å². The van der Waals surface area contributed by atoms with E-state index in [2.05, 4.69) is 65.7 Å². The number of aromatic amines is 1. The number of aliphatic imine (C=N–C) groups is 1. The van der Waals surface area contributed by atoms with Crippen LogP contribution in [0.15, 0.2) is 29.4 Å². The molecule has 3 rings (SSSR count). The molecule has 1 aromatic carbocycles. The number of nitrogens with zero attached hydrogens (tertiary/aromatic N) is 2. The summed E-state index contributed by atoms with van der Waals surface area (Å²) in [6, 6.07) is 6.84. The van der Waals surface area contributed by atoms with Gasteiger partial charge in [-0.15, -0.1) is 24.0 Å². The molecule has 0 saturated carbocycles. The molecule has 6 nitrogen and oxygen atoms in total. The normalized spacial score (nSPS) is 16.6. The number of hydrogen-bond acceptors (Lipinski definition) is 3. The van der Waals surface area contributed by atoms with Gasteiger partial charge in [0.2, 0.25) is 0 Å². The first-order valence-corrected chi connectivity index (χ1v) is 10.1. The molecular weight excluding hydrogens is 465 g/mol. The largest absolute Gasteiger partial charge is 0.379 e. The fraction of sp³-hybridized carbons (Fsp3) is 0.571. The van der Waals surface area contributed by atoms with Gasteiger partial charge in [0.05, 0.1) is 19.8 Å². The molecule has 1 saturated heterocycles. The van der Waals surface area contributed by atoms with Crippen LogP contribution in [0.5, 0.6) is 0 Å². The predicted molar refractivity (Wildman–Crippen MR) is 128 cm³/mol. The second-order valence-corrected chi connectivity index (χ2v) is 7.21. The van der Waals surface area contributed by atoms with Gasteiger partial charge in [0.15, 0.2) is 5.96 Å². The van der Waals surface area contributed by atoms with Crippen molar-refractivity contribution in [3.05, 3.63) is 35.5 Å². The fourth-order valence-corrected chi connectivity index (χ4v) is 3.66. The summed E-state index contributed by atoms with van der Waals surface area (Å²) in [5, 5.41) is 8.19. The Morgan fingerprint density at radius 1 is 1.29 bits per heavy atom. The zero-order valence-corrected chi connectivity index (χ0v) is 19.6. The number of aromatic nitrogens is 1. The minimum atomic E-state index is 0. The molecule has 0 spiro atoms. The Balaban J connectivity index is 0.00000280. The molecule has 2 aromatic rings. The average molecular weight is 499 g/mol. The van der Waals surface area contributed by atoms with Crippen LogP contribution in [0.1, 0.15) is 25.0 Å². The monoisotopic (exact) mass is 499 g/mol. The zero-order chi connectivity index (χ0) is 19.1. The number of benzene rings is 1. The molecular formula is C21H34IN5O. The van der Waals surface area contributed by atoms with E-state index in [-0.39, 0.29) is 24.0 Å². The van der Waals surface area contributed by atoms with E-state index in [1.54, 1.807) is 0 Å². The highest BCUT2D eigenvalue weighted by atomic mass is 127. The maximum atomic E-state index is 5.44. The minimum Gasteiger partial charge on any atom is -0.379 e. The molecule has 1 aliphatic rings. The summed E-state index contributed by atoms with van der Waals surface area (Å²) in [5.41, 5.74) is 3.89. The molecule has 1 fully saturated rings. The van der Waals surface area contributed by atoms with E-state index in [0.29, 0.717) is 6.04 Å². The Bertz CT molecular complexity index is 754. The van der Waals surface area contributed by atoms with Crippen LogP contribution in [-0.4, -0.2) is 67.8 Å². The lowest BCUT2D eigenvalue weighted by Gasteiger charge is -2.31. The Hall–Kier alpha value is -1.32. The van der Waals surface area contributed by atoms with Gasteiger partial charge in [-0.3, -0.25) is 9.89 Å². The summed E-state index contributed by atoms with van der Waals surface area (Å²) in [6.07, 6.45) is 3.10. The molecule has 0 amide bonds. The zero-order valence-electron chi connectivity index (χ0n) is 17.3. The molecule has 2 heterocycles. The first-order valence-electron chi connectivity index (χ1n) is 10.1. The Kier molecular flexibility index (Phi) is 9.53. The van der Waals surface area contributed by atoms with Crippen LogP contribution in [0.25, 0.3) is 10.9 Å². The molecule has 3 N–H and O–H groups in total. The summed E-state index contributed by atoms with van der Waals surface area (Å²) in [7, 11) is 0. The van der Waals surface area contributed by atoms with Crippen molar-refractivity contribution in [3.63, 3.8) is 0 Å². The van der Waals surface area contributed by atoms with E-state index in [0.717, 1.165) is 58.3 Å². The highest BCUT2D eigenvalue weighted by molar-refractivity contribution is 14.0. The molecule has 1 aliphatic heterocycles. The van der Waals surface area contributed by atoms with E-state index in [1.165, 1.54) is 22.0 Å². The van der Waals surface area contributed by atoms with Gasteiger partial charge in [-0.25, -0.2) is 0 Å². The topological polar surface area (TPSA) is 64.7 Å². The van der Waals surface area contributed by atoms with Gasteiger partial charge in [-0.05, 0) is 44.4 Å². The molecule has 156 valence electrons. The number of aryl methyl sites for hydroxylation is 1. The van der Waals surface area contributed by atoms with E-state index in [1.807, 2.05) is 0 Å². The maximum absolute atomic E-state index is 5.44. The highest BCUT2D eigenvalue weighted by Crippen LogP contribution is 2.22. The van der Waals surface area contributed by atoms with Gasteiger partial charge in [0.1, 0.15) is 0 Å². The molecule has 1 unspecified atom stereocenters. The number of guanidine groups is 1. The van der Waals surface area contributed by atoms with Crippen LogP contribution < -0.4 is 10.6 Å². The third-order valence-electron chi connectivity index (χ3n) is 5.21. The summed E-state index contributed by atoms with van der Waals surface area (Å²) in [4.78, 5) is 10.6. The van der Waals surface area contributed by atoms with Crippen LogP contribution >= 0.6 is 24.0 Å². The molecule has 1 aromatic heterocycles. The Labute approximate surface area is 185 Å². The second kappa shape index (κ2) is 11.6. The number of nitrogens with one attached hydrogen (secondary N) is 3. The van der Waals surface area contributed by atoms with Gasteiger partial charge in [-0.2, -0.15) is 0 Å². The van der Waals surface area contributed by atoms with Crippen molar-refractivity contribution in [3.8, 4) is 0 Å². The SMILES string of the molecule is CCNC(=NCC(C)N1CCOCC1)NCCc1c[nH]c2cccc(C)c12.I. The summed E-state index contributed by atoms with van der Waals surface area (Å²) in [5.74, 6) is 0.897. The number of ether oxygens (including phenoxy) is 1. The van der Waals surface area contributed by atoms with E-state index in [9.17, 15) is 0 Å². The van der Waals surface area contributed by atoms with E-state index in [4.69, 9.17) is 9.73 Å². The van der Waals surface area contributed by atoms with Crippen molar-refractivity contribution >= 4 is 40.8 Å². The van der Waals surface area contributed by atoms with Crippen molar-refractivity contribution in [1.29, 1.82) is 0 Å². The third-order valence-corrected chi connectivity index (χ3v) is 5.21. The summed E-state index contributed by atoms with van der Waals surface area (Å²) < 4.78 is 5.44. The lowest BCUT2D eigenvalue weighted by atomic mass is 10.1. The van der Waals surface area contributed by atoms with Crippen molar-refractivity contribution in [2.24, 2.45) is 4.99 Å². The molecule has 1 atom stereocenters. The van der Waals surface area contributed by atoms with Gasteiger partial charge in [0.25, 0.3) is 0 Å². The highest BCUT2D eigenvalue weighted by Gasteiger charge is 2.16. The summed E-state index contributed by atoms with van der Waals surface area (Å²) >= 11 is 0. The van der Waals surface area contributed by atoms with Crippen molar-refractivity contribution in [2.75, 3.05) is 45.9 Å². The minimum absolute atomic E-state index is 0. The lowest BCUT2D eigenvalue weighted by molar-refractivity contribution is 0.0220. The average Bonchev–Trinajstić information content (AvgIpc) is 3.11. The van der Waals surface area contributed by atoms with Crippen LogP contribution in [0, 0.1) is 6.92 Å². The number of morpholine rings is 1. The Morgan fingerprint density at radius 2 is 2.07 bits per heavy atom. The molecule has 0 aliphatic carbocycles. The van der Waals surface area contributed by atoms with Crippen LogP contribution in [0.4, 0.5) is 0 Å². The van der Waals surface area contributed by atoms with Crippen LogP contribution in [-0.2, 0) is 11.2 Å². The lowest BCUT2D eigenvalue weighted by Crippen LogP contribution is -2.44. The molecule has 0 bridgehead atoms. The number of halogens is 1. The first kappa shape index (κ1) is 23.0. The van der Waals surface area contributed by atoms with Gasteiger partial charge in [-0.1, -0.05) is 12.1 Å². The number of fused-ring (bicyclic) bond motifs is 1. The van der Waals surface area contributed by atoms with E-state index < -0.39 is 0 Å². The number of hydrogen-bond donors (Lipinski definition) is 3. The van der Waals surface area contributed by atoms with Crippen molar-refractivity contribution < 1.29 is 4.74 Å². The standard InChI is InChI=1S/C21H33N5O.HI/c1-4-22-21(25-14-17(3)26-10-12-27-13-11-26)23-9-8-18-15-24-19-7-5-6-16(2)20(18)19;/h5-7,15,17,24H,4,8-14H2,1-3H3,(H2,22,23,25);1H. The van der Waals surface area contributed by atoms with Gasteiger partial charge in [0, 0.05) is 49.3 Å².